The number of hydrogen-bond donors (Lipinski definition) is 1. The van der Waals surface area contributed by atoms with Crippen LogP contribution in [0.1, 0.15) is 0 Å². The zero-order valence-electron chi connectivity index (χ0n) is 10.2. The maximum absolute atomic E-state index is 6.19. The van der Waals surface area contributed by atoms with Gasteiger partial charge >= 0.3 is 0 Å². The van der Waals surface area contributed by atoms with Crippen LogP contribution in [0.15, 0.2) is 36.4 Å². The van der Waals surface area contributed by atoms with Crippen LogP contribution in [-0.2, 0) is 0 Å². The van der Waals surface area contributed by atoms with E-state index in [1.807, 2.05) is 41.0 Å². The van der Waals surface area contributed by atoms with E-state index in [1.165, 1.54) is 0 Å². The Balaban J connectivity index is 2.01. The number of fused-ring (bicyclic) bond motifs is 2. The molecule has 0 unspecified atom stereocenters. The minimum atomic E-state index is 0.254. The Morgan fingerprint density at radius 1 is 1.15 bits per heavy atom. The number of nitrogens with one attached hydrogen (secondary N) is 1. The van der Waals surface area contributed by atoms with E-state index < -0.39 is 0 Å². The number of para-hydroxylation sites is 1. The van der Waals surface area contributed by atoms with Crippen molar-refractivity contribution >= 4 is 34.9 Å². The molecule has 2 heterocycles. The lowest BCUT2D eigenvalue weighted by atomic mass is 10.2. The zero-order chi connectivity index (χ0) is 13.7. The lowest BCUT2D eigenvalue weighted by Gasteiger charge is -2.06. The summed E-state index contributed by atoms with van der Waals surface area (Å²) in [5, 5.41) is 0.646. The zero-order valence-corrected chi connectivity index (χ0v) is 11.8. The third-order valence-corrected chi connectivity index (χ3v) is 3.88. The van der Waals surface area contributed by atoms with Gasteiger partial charge in [-0.2, -0.15) is 0 Å². The number of ether oxygens (including phenoxy) is 2. The number of hydrogen-bond acceptors (Lipinski definition) is 3. The van der Waals surface area contributed by atoms with Gasteiger partial charge in [-0.25, -0.2) is 0 Å². The SMILES string of the molecule is S=c1[nH]c2c(Cl)cccc2n1-c1ccc2c(c1)OCO2. The van der Waals surface area contributed by atoms with E-state index >= 15 is 0 Å². The van der Waals surface area contributed by atoms with Gasteiger partial charge in [0, 0.05) is 6.07 Å². The molecule has 0 spiro atoms. The van der Waals surface area contributed by atoms with Crippen molar-refractivity contribution in [3.8, 4) is 17.2 Å². The minimum absolute atomic E-state index is 0.254. The molecule has 3 aromatic rings. The quantitative estimate of drug-likeness (QED) is 0.689. The molecule has 0 saturated heterocycles. The second kappa shape index (κ2) is 4.26. The van der Waals surface area contributed by atoms with Crippen LogP contribution < -0.4 is 9.47 Å². The molecule has 100 valence electrons. The average molecular weight is 305 g/mol. The van der Waals surface area contributed by atoms with Crippen LogP contribution in [0.2, 0.25) is 5.02 Å². The van der Waals surface area contributed by atoms with Crippen LogP contribution in [-0.4, -0.2) is 16.3 Å². The Hall–Kier alpha value is -1.98. The van der Waals surface area contributed by atoms with Gasteiger partial charge in [0.1, 0.15) is 0 Å². The number of H-pyrrole nitrogens is 1. The largest absolute Gasteiger partial charge is 0.454 e. The summed E-state index contributed by atoms with van der Waals surface area (Å²) >= 11 is 11.6. The van der Waals surface area contributed by atoms with Crippen molar-refractivity contribution in [2.24, 2.45) is 0 Å². The fourth-order valence-corrected chi connectivity index (χ4v) is 2.90. The fraction of sp³-hybridized carbons (Fsp3) is 0.0714. The first-order valence-corrected chi connectivity index (χ1v) is 6.82. The summed E-state index contributed by atoms with van der Waals surface area (Å²) in [6, 6.07) is 11.4. The molecule has 4 rings (SSSR count). The fourth-order valence-electron chi connectivity index (χ4n) is 2.38. The third-order valence-electron chi connectivity index (χ3n) is 3.28. The van der Waals surface area contributed by atoms with Crippen LogP contribution in [0, 0.1) is 4.77 Å². The Morgan fingerprint density at radius 2 is 2.00 bits per heavy atom. The highest BCUT2D eigenvalue weighted by molar-refractivity contribution is 7.71. The summed E-state index contributed by atoms with van der Waals surface area (Å²) in [5.41, 5.74) is 2.67. The summed E-state index contributed by atoms with van der Waals surface area (Å²) in [6.07, 6.45) is 0. The molecule has 0 fully saturated rings. The van der Waals surface area contributed by atoms with Gasteiger partial charge in [-0.3, -0.25) is 4.57 Å². The van der Waals surface area contributed by atoms with Gasteiger partial charge < -0.3 is 14.5 Å². The number of nitrogens with zero attached hydrogens (tertiary/aromatic N) is 1. The summed E-state index contributed by atoms with van der Waals surface area (Å²) in [7, 11) is 0. The first-order chi connectivity index (χ1) is 9.74. The van der Waals surface area contributed by atoms with Gasteiger partial charge in [-0.05, 0) is 36.5 Å². The molecule has 1 aliphatic heterocycles. The van der Waals surface area contributed by atoms with Crippen molar-refractivity contribution in [1.82, 2.24) is 9.55 Å². The summed E-state index contributed by atoms with van der Waals surface area (Å²) < 4.78 is 13.2. The van der Waals surface area contributed by atoms with Crippen molar-refractivity contribution in [1.29, 1.82) is 0 Å². The van der Waals surface area contributed by atoms with Gasteiger partial charge in [0.05, 0.1) is 21.7 Å². The Kier molecular flexibility index (Phi) is 2.52. The molecular formula is C14H9ClN2O2S. The van der Waals surface area contributed by atoms with Gasteiger partial charge in [0.2, 0.25) is 6.79 Å². The van der Waals surface area contributed by atoms with Gasteiger partial charge in [0.15, 0.2) is 16.3 Å². The van der Waals surface area contributed by atoms with Crippen LogP contribution in [0.3, 0.4) is 0 Å². The molecule has 1 N–H and O–H groups in total. The Labute approximate surface area is 124 Å². The van der Waals surface area contributed by atoms with Crippen molar-refractivity contribution in [3.05, 3.63) is 46.2 Å². The van der Waals surface area contributed by atoms with Crippen LogP contribution >= 0.6 is 23.8 Å². The number of benzene rings is 2. The molecular weight excluding hydrogens is 296 g/mol. The molecule has 2 aromatic carbocycles. The van der Waals surface area contributed by atoms with Gasteiger partial charge in [-0.1, -0.05) is 17.7 Å². The molecule has 0 atom stereocenters. The highest BCUT2D eigenvalue weighted by Gasteiger charge is 2.15. The Bertz CT molecular complexity index is 885. The van der Waals surface area contributed by atoms with Crippen LogP contribution in [0.4, 0.5) is 0 Å². The minimum Gasteiger partial charge on any atom is -0.454 e. The summed E-state index contributed by atoms with van der Waals surface area (Å²) in [4.78, 5) is 3.14. The number of halogens is 1. The van der Waals surface area contributed by atoms with Crippen molar-refractivity contribution in [3.63, 3.8) is 0 Å². The van der Waals surface area contributed by atoms with E-state index in [2.05, 4.69) is 4.98 Å². The standard InChI is InChI=1S/C14H9ClN2O2S/c15-9-2-1-3-10-13(9)16-14(20)17(10)8-4-5-11-12(6-8)19-7-18-11/h1-6H,7H2,(H,16,20). The van der Waals surface area contributed by atoms with Crippen molar-refractivity contribution in [2.45, 2.75) is 0 Å². The lowest BCUT2D eigenvalue weighted by Crippen LogP contribution is -1.94. The molecule has 0 bridgehead atoms. The number of imidazole rings is 1. The number of aromatic amines is 1. The second-order valence-electron chi connectivity index (χ2n) is 4.44. The van der Waals surface area contributed by atoms with Gasteiger partial charge in [-0.15, -0.1) is 0 Å². The molecule has 0 amide bonds. The molecule has 0 radical (unpaired) electrons. The van der Waals surface area contributed by atoms with E-state index in [9.17, 15) is 0 Å². The molecule has 0 aliphatic carbocycles. The number of aromatic nitrogens is 2. The normalized spacial score (nSPS) is 13.1. The monoisotopic (exact) mass is 304 g/mol. The smallest absolute Gasteiger partial charge is 0.231 e. The van der Waals surface area contributed by atoms with E-state index in [4.69, 9.17) is 33.3 Å². The first kappa shape index (κ1) is 11.8. The second-order valence-corrected chi connectivity index (χ2v) is 5.23. The lowest BCUT2D eigenvalue weighted by molar-refractivity contribution is 0.174. The predicted molar refractivity (Wildman–Crippen MR) is 79.6 cm³/mol. The molecule has 1 aromatic heterocycles. The summed E-state index contributed by atoms with van der Waals surface area (Å²) in [6.45, 7) is 0.254. The van der Waals surface area contributed by atoms with Crippen LogP contribution in [0.25, 0.3) is 16.7 Å². The Morgan fingerprint density at radius 3 is 2.90 bits per heavy atom. The van der Waals surface area contributed by atoms with E-state index in [0.29, 0.717) is 9.79 Å². The highest BCUT2D eigenvalue weighted by Crippen LogP contribution is 2.35. The molecule has 1 aliphatic rings. The topological polar surface area (TPSA) is 39.2 Å². The molecule has 0 saturated carbocycles. The van der Waals surface area contributed by atoms with E-state index in [-0.39, 0.29) is 6.79 Å². The van der Waals surface area contributed by atoms with Crippen molar-refractivity contribution < 1.29 is 9.47 Å². The molecule has 20 heavy (non-hydrogen) atoms. The van der Waals surface area contributed by atoms with Crippen LogP contribution in [0.5, 0.6) is 11.5 Å². The molecule has 6 heteroatoms. The van der Waals surface area contributed by atoms with Gasteiger partial charge in [0.25, 0.3) is 0 Å². The highest BCUT2D eigenvalue weighted by atomic mass is 35.5. The van der Waals surface area contributed by atoms with E-state index in [0.717, 1.165) is 28.2 Å². The first-order valence-electron chi connectivity index (χ1n) is 6.03. The number of rotatable bonds is 1. The third kappa shape index (κ3) is 1.63. The van der Waals surface area contributed by atoms with E-state index in [1.54, 1.807) is 0 Å². The maximum atomic E-state index is 6.19. The van der Waals surface area contributed by atoms with Crippen molar-refractivity contribution in [2.75, 3.05) is 6.79 Å². The predicted octanol–water partition coefficient (Wildman–Crippen LogP) is 4.07. The average Bonchev–Trinajstić information content (AvgIpc) is 3.02. The molecule has 4 nitrogen and oxygen atoms in total. The summed E-state index contributed by atoms with van der Waals surface area (Å²) in [5.74, 6) is 1.47. The maximum Gasteiger partial charge on any atom is 0.231 e.